The number of hydrogen-bond acceptors (Lipinski definition) is 7. The largest absolute Gasteiger partial charge is 0.342 e. The number of sulfonamides is 1. The number of carbonyl (C=O) groups excluding carboxylic acids is 2. The zero-order valence-electron chi connectivity index (χ0n) is 16.6. The molecule has 0 spiro atoms. The van der Waals surface area contributed by atoms with Gasteiger partial charge in [0.05, 0.1) is 16.1 Å². The van der Waals surface area contributed by atoms with Gasteiger partial charge in [-0.1, -0.05) is 20.3 Å². The van der Waals surface area contributed by atoms with E-state index in [2.05, 4.69) is 46.9 Å². The molecule has 0 bridgehead atoms. The Balaban J connectivity index is 2.26. The van der Waals surface area contributed by atoms with Gasteiger partial charge in [-0.2, -0.15) is 4.72 Å². The standard InChI is InChI=1S/C18H22Br2N4O5S2/c1-3-10(2)16(24-31(28,29)12-4-5-13(19)14(20)7-12)18(26)22-15(17(25)23-27)6-11-8-30-9-21-11/h4-5,7-10,15-16,24,27H,3,6H2,1-2H3,(H,22,26)(H,23,25)/t10-,15-,16-/m1/s1. The van der Waals surface area contributed by atoms with Gasteiger partial charge in [-0.05, 0) is 56.0 Å². The predicted molar refractivity (Wildman–Crippen MR) is 123 cm³/mol. The molecule has 0 aliphatic heterocycles. The van der Waals surface area contributed by atoms with Gasteiger partial charge in [-0.25, -0.2) is 18.9 Å². The molecular weight excluding hydrogens is 576 g/mol. The zero-order valence-corrected chi connectivity index (χ0v) is 21.4. The highest BCUT2D eigenvalue weighted by molar-refractivity contribution is 9.13. The van der Waals surface area contributed by atoms with Gasteiger partial charge in [0.1, 0.15) is 12.1 Å². The van der Waals surface area contributed by atoms with Crippen LogP contribution in [0.4, 0.5) is 0 Å². The molecule has 170 valence electrons. The molecular formula is C18H22Br2N4O5S2. The van der Waals surface area contributed by atoms with E-state index in [9.17, 15) is 18.0 Å². The van der Waals surface area contributed by atoms with E-state index in [4.69, 9.17) is 5.21 Å². The second-order valence-electron chi connectivity index (χ2n) is 6.78. The number of thiazole rings is 1. The number of nitrogens with zero attached hydrogens (tertiary/aromatic N) is 1. The number of benzene rings is 1. The van der Waals surface area contributed by atoms with Gasteiger partial charge >= 0.3 is 0 Å². The van der Waals surface area contributed by atoms with Crippen LogP contribution in [-0.4, -0.2) is 42.5 Å². The third-order valence-corrected chi connectivity index (χ3v) is 8.57. The van der Waals surface area contributed by atoms with E-state index in [-0.39, 0.29) is 17.2 Å². The molecule has 0 aliphatic rings. The highest BCUT2D eigenvalue weighted by Crippen LogP contribution is 2.26. The van der Waals surface area contributed by atoms with Gasteiger partial charge in [-0.3, -0.25) is 14.8 Å². The first-order chi connectivity index (χ1) is 14.6. The van der Waals surface area contributed by atoms with Crippen molar-refractivity contribution in [1.82, 2.24) is 20.5 Å². The molecule has 0 aliphatic carbocycles. The molecule has 0 fully saturated rings. The van der Waals surface area contributed by atoms with Crippen LogP contribution in [0.15, 0.2) is 42.9 Å². The Morgan fingerprint density at radius 1 is 1.23 bits per heavy atom. The lowest BCUT2D eigenvalue weighted by Crippen LogP contribution is -2.56. The van der Waals surface area contributed by atoms with Crippen molar-refractivity contribution >= 4 is 65.0 Å². The molecule has 4 N–H and O–H groups in total. The highest BCUT2D eigenvalue weighted by Gasteiger charge is 2.32. The molecule has 2 rings (SSSR count). The Morgan fingerprint density at radius 3 is 2.48 bits per heavy atom. The highest BCUT2D eigenvalue weighted by atomic mass is 79.9. The molecule has 9 nitrogen and oxygen atoms in total. The number of hydrogen-bond donors (Lipinski definition) is 4. The predicted octanol–water partition coefficient (Wildman–Crippen LogP) is 2.59. The van der Waals surface area contributed by atoms with E-state index in [0.29, 0.717) is 21.1 Å². The van der Waals surface area contributed by atoms with Crippen LogP contribution in [0.5, 0.6) is 0 Å². The first-order valence-corrected chi connectivity index (χ1v) is 13.2. The van der Waals surface area contributed by atoms with E-state index in [0.717, 1.165) is 0 Å². The molecule has 0 saturated heterocycles. The van der Waals surface area contributed by atoms with Crippen molar-refractivity contribution in [2.24, 2.45) is 5.92 Å². The normalized spacial score (nSPS) is 14.5. The average molecular weight is 598 g/mol. The molecule has 2 amide bonds. The van der Waals surface area contributed by atoms with Crippen LogP contribution in [0.25, 0.3) is 0 Å². The first-order valence-electron chi connectivity index (χ1n) is 9.17. The SMILES string of the molecule is CC[C@@H](C)[C@@H](NS(=O)(=O)c1ccc(Br)c(Br)c1)C(=O)N[C@H](Cc1cscn1)C(=O)NO. The second-order valence-corrected chi connectivity index (χ2v) is 10.9. The van der Waals surface area contributed by atoms with Gasteiger partial charge in [0, 0.05) is 20.7 Å². The summed E-state index contributed by atoms with van der Waals surface area (Å²) in [6.45, 7) is 3.55. The van der Waals surface area contributed by atoms with Crippen molar-refractivity contribution in [1.29, 1.82) is 0 Å². The van der Waals surface area contributed by atoms with Crippen LogP contribution in [0.1, 0.15) is 26.0 Å². The molecule has 1 heterocycles. The summed E-state index contributed by atoms with van der Waals surface area (Å²) in [5.41, 5.74) is 3.66. The minimum absolute atomic E-state index is 0.0178. The number of amides is 2. The number of hydroxylamine groups is 1. The maximum Gasteiger partial charge on any atom is 0.266 e. The van der Waals surface area contributed by atoms with Crippen LogP contribution in [0.2, 0.25) is 0 Å². The third-order valence-electron chi connectivity index (χ3n) is 4.62. The number of aromatic nitrogens is 1. The molecule has 0 unspecified atom stereocenters. The van der Waals surface area contributed by atoms with E-state index in [1.807, 2.05) is 6.92 Å². The van der Waals surface area contributed by atoms with E-state index >= 15 is 0 Å². The lowest BCUT2D eigenvalue weighted by molar-refractivity contribution is -0.135. The molecule has 13 heteroatoms. The first kappa shape index (κ1) is 25.9. The van der Waals surface area contributed by atoms with Gasteiger partial charge in [0.15, 0.2) is 0 Å². The van der Waals surface area contributed by atoms with Crippen molar-refractivity contribution in [2.75, 3.05) is 0 Å². The maximum atomic E-state index is 13.0. The summed E-state index contributed by atoms with van der Waals surface area (Å²) in [4.78, 5) is 29.1. The van der Waals surface area contributed by atoms with Crippen molar-refractivity contribution in [3.8, 4) is 0 Å². The zero-order chi connectivity index (χ0) is 23.2. The maximum absolute atomic E-state index is 13.0. The summed E-state index contributed by atoms with van der Waals surface area (Å²) in [7, 11) is -4.03. The second kappa shape index (κ2) is 11.5. The molecule has 1 aromatic carbocycles. The Labute approximate surface area is 201 Å². The molecule has 3 atom stereocenters. The molecule has 2 aromatic rings. The smallest absolute Gasteiger partial charge is 0.266 e. The summed E-state index contributed by atoms with van der Waals surface area (Å²) in [5, 5.41) is 13.3. The van der Waals surface area contributed by atoms with E-state index < -0.39 is 33.9 Å². The monoisotopic (exact) mass is 596 g/mol. The molecule has 0 radical (unpaired) electrons. The fourth-order valence-electron chi connectivity index (χ4n) is 2.64. The van der Waals surface area contributed by atoms with Crippen LogP contribution in [0, 0.1) is 5.92 Å². The summed E-state index contributed by atoms with van der Waals surface area (Å²) in [5.74, 6) is -1.88. The molecule has 1 aromatic heterocycles. The summed E-state index contributed by atoms with van der Waals surface area (Å²) in [6, 6.07) is 2.14. The van der Waals surface area contributed by atoms with Crippen molar-refractivity contribution < 1.29 is 23.2 Å². The number of nitrogens with one attached hydrogen (secondary N) is 3. The molecule has 0 saturated carbocycles. The Hall–Kier alpha value is -1.38. The summed E-state index contributed by atoms with van der Waals surface area (Å²) >= 11 is 7.88. The number of rotatable bonds is 10. The van der Waals surface area contributed by atoms with Crippen molar-refractivity contribution in [3.05, 3.63) is 43.7 Å². The van der Waals surface area contributed by atoms with Crippen molar-refractivity contribution in [3.63, 3.8) is 0 Å². The Kier molecular flexibility index (Phi) is 9.58. The lowest BCUT2D eigenvalue weighted by atomic mass is 9.99. The van der Waals surface area contributed by atoms with E-state index in [1.165, 1.54) is 28.9 Å². The van der Waals surface area contributed by atoms with Crippen LogP contribution in [-0.2, 0) is 26.0 Å². The summed E-state index contributed by atoms with van der Waals surface area (Å²) < 4.78 is 29.5. The summed E-state index contributed by atoms with van der Waals surface area (Å²) in [6.07, 6.45) is 0.550. The third kappa shape index (κ3) is 7.05. The minimum Gasteiger partial charge on any atom is -0.342 e. The van der Waals surface area contributed by atoms with Crippen LogP contribution < -0.4 is 15.5 Å². The average Bonchev–Trinajstić information content (AvgIpc) is 3.25. The number of carbonyl (C=O) groups is 2. The fourth-order valence-corrected chi connectivity index (χ4v) is 5.32. The van der Waals surface area contributed by atoms with Gasteiger partial charge < -0.3 is 5.32 Å². The van der Waals surface area contributed by atoms with Gasteiger partial charge in [-0.15, -0.1) is 11.3 Å². The number of halogens is 2. The lowest BCUT2D eigenvalue weighted by Gasteiger charge is -2.26. The fraction of sp³-hybridized carbons (Fsp3) is 0.389. The minimum atomic E-state index is -4.03. The Bertz CT molecular complexity index is 1020. The quantitative estimate of drug-likeness (QED) is 0.245. The van der Waals surface area contributed by atoms with E-state index in [1.54, 1.807) is 23.9 Å². The van der Waals surface area contributed by atoms with Gasteiger partial charge in [0.2, 0.25) is 15.9 Å². The Morgan fingerprint density at radius 2 is 1.94 bits per heavy atom. The van der Waals surface area contributed by atoms with Crippen LogP contribution >= 0.6 is 43.2 Å². The topological polar surface area (TPSA) is 137 Å². The van der Waals surface area contributed by atoms with Gasteiger partial charge in [0.25, 0.3) is 5.91 Å². The van der Waals surface area contributed by atoms with Crippen molar-refractivity contribution in [2.45, 2.75) is 43.7 Å². The molecule has 31 heavy (non-hydrogen) atoms. The van der Waals surface area contributed by atoms with Crippen LogP contribution in [0.3, 0.4) is 0 Å².